The number of benzene rings is 1. The maximum absolute atomic E-state index is 12.7. The van der Waals surface area contributed by atoms with E-state index in [4.69, 9.17) is 28.9 Å². The minimum atomic E-state index is -0.553. The summed E-state index contributed by atoms with van der Waals surface area (Å²) in [5.41, 5.74) is 6.44. The maximum atomic E-state index is 12.7. The average molecular weight is 409 g/mol. The molecule has 1 aromatic rings. The fourth-order valence-corrected chi connectivity index (χ4v) is 3.38. The summed E-state index contributed by atoms with van der Waals surface area (Å²) in [5.74, 6) is -0.394. The molecular formula is C17H24Cl3N3O2. The smallest absolute Gasteiger partial charge is 0.247 e. The molecule has 25 heavy (non-hydrogen) atoms. The normalized spacial score (nSPS) is 18.2. The van der Waals surface area contributed by atoms with Crippen LogP contribution >= 0.6 is 35.6 Å². The molecule has 0 bridgehead atoms. The number of rotatable bonds is 5. The number of amides is 2. The topological polar surface area (TPSA) is 75.4 Å². The van der Waals surface area contributed by atoms with Crippen molar-refractivity contribution in [3.05, 3.63) is 28.2 Å². The zero-order valence-corrected chi connectivity index (χ0v) is 16.5. The fraction of sp³-hybridized carbons (Fsp3) is 0.529. The van der Waals surface area contributed by atoms with Crippen LogP contribution in [0.25, 0.3) is 0 Å². The van der Waals surface area contributed by atoms with Crippen LogP contribution in [0.4, 0.5) is 5.69 Å². The monoisotopic (exact) mass is 407 g/mol. The molecule has 1 aromatic carbocycles. The third-order valence-corrected chi connectivity index (χ3v) is 4.74. The minimum Gasteiger partial charge on any atom is -0.329 e. The van der Waals surface area contributed by atoms with Gasteiger partial charge < -0.3 is 16.0 Å². The van der Waals surface area contributed by atoms with E-state index < -0.39 is 12.1 Å². The van der Waals surface area contributed by atoms with Gasteiger partial charge in [0, 0.05) is 11.6 Å². The standard InChI is InChI=1S/C17H23Cl2N3O2.ClH/c1-2-5-13(20)17(24)22-9-4-3-6-15(22)16(23)21-14-8-7-11(18)10-12(14)19;/h7-8,10,13,15H,2-6,9,20H2,1H3,(H,21,23);1H. The quantitative estimate of drug-likeness (QED) is 0.776. The van der Waals surface area contributed by atoms with Gasteiger partial charge in [-0.2, -0.15) is 0 Å². The van der Waals surface area contributed by atoms with Crippen molar-refractivity contribution >= 4 is 53.1 Å². The Bertz CT molecular complexity index is 613. The summed E-state index contributed by atoms with van der Waals surface area (Å²) >= 11 is 12.0. The third kappa shape index (κ3) is 5.74. The van der Waals surface area contributed by atoms with Gasteiger partial charge in [-0.15, -0.1) is 12.4 Å². The van der Waals surface area contributed by atoms with E-state index in [0.29, 0.717) is 35.1 Å². The number of carbonyl (C=O) groups is 2. The minimum absolute atomic E-state index is 0. The maximum Gasteiger partial charge on any atom is 0.247 e. The molecule has 2 rings (SSSR count). The first-order valence-corrected chi connectivity index (χ1v) is 9.01. The van der Waals surface area contributed by atoms with Gasteiger partial charge in [-0.3, -0.25) is 9.59 Å². The predicted octanol–water partition coefficient (Wildman–Crippen LogP) is 3.86. The predicted molar refractivity (Wildman–Crippen MR) is 105 cm³/mol. The Balaban J connectivity index is 0.00000312. The second-order valence-corrected chi connectivity index (χ2v) is 6.90. The third-order valence-electron chi connectivity index (χ3n) is 4.19. The molecule has 0 spiro atoms. The molecule has 2 unspecified atom stereocenters. The number of piperidine rings is 1. The van der Waals surface area contributed by atoms with Gasteiger partial charge in [0.25, 0.3) is 0 Å². The summed E-state index contributed by atoms with van der Waals surface area (Å²) in [6.45, 7) is 2.54. The largest absolute Gasteiger partial charge is 0.329 e. The highest BCUT2D eigenvalue weighted by molar-refractivity contribution is 6.36. The summed E-state index contributed by atoms with van der Waals surface area (Å²) in [4.78, 5) is 26.8. The Labute approximate surface area is 164 Å². The van der Waals surface area contributed by atoms with Gasteiger partial charge in [0.15, 0.2) is 0 Å². The Morgan fingerprint density at radius 2 is 2.08 bits per heavy atom. The van der Waals surface area contributed by atoms with Gasteiger partial charge in [0.2, 0.25) is 11.8 Å². The van der Waals surface area contributed by atoms with Crippen LogP contribution in [0, 0.1) is 0 Å². The summed E-state index contributed by atoms with van der Waals surface area (Å²) in [7, 11) is 0. The van der Waals surface area contributed by atoms with Crippen molar-refractivity contribution in [2.75, 3.05) is 11.9 Å². The van der Waals surface area contributed by atoms with Crippen LogP contribution in [-0.4, -0.2) is 35.3 Å². The van der Waals surface area contributed by atoms with Crippen LogP contribution in [-0.2, 0) is 9.59 Å². The first-order chi connectivity index (χ1) is 11.4. The lowest BCUT2D eigenvalue weighted by molar-refractivity contribution is -0.141. The van der Waals surface area contributed by atoms with Gasteiger partial charge in [0.1, 0.15) is 6.04 Å². The second kappa shape index (κ2) is 10.2. The molecule has 2 amide bonds. The van der Waals surface area contributed by atoms with Crippen LogP contribution in [0.15, 0.2) is 18.2 Å². The second-order valence-electron chi connectivity index (χ2n) is 6.05. The van der Waals surface area contributed by atoms with Gasteiger partial charge in [-0.25, -0.2) is 0 Å². The van der Waals surface area contributed by atoms with Crippen LogP contribution in [0.3, 0.4) is 0 Å². The first kappa shape index (κ1) is 22.0. The Morgan fingerprint density at radius 3 is 2.72 bits per heavy atom. The zero-order valence-electron chi connectivity index (χ0n) is 14.1. The average Bonchev–Trinajstić information content (AvgIpc) is 2.57. The molecule has 1 aliphatic heterocycles. The highest BCUT2D eigenvalue weighted by Gasteiger charge is 2.34. The molecule has 0 aromatic heterocycles. The lowest BCUT2D eigenvalue weighted by atomic mass is 9.99. The summed E-state index contributed by atoms with van der Waals surface area (Å²) in [5, 5.41) is 3.66. The van der Waals surface area contributed by atoms with Crippen molar-refractivity contribution in [1.29, 1.82) is 0 Å². The molecule has 8 heteroatoms. The number of halogens is 3. The van der Waals surface area contributed by atoms with Crippen molar-refractivity contribution in [3.63, 3.8) is 0 Å². The number of hydrogen-bond acceptors (Lipinski definition) is 3. The molecule has 5 nitrogen and oxygen atoms in total. The Hall–Kier alpha value is -1.01. The van der Waals surface area contributed by atoms with Gasteiger partial charge in [-0.1, -0.05) is 36.5 Å². The highest BCUT2D eigenvalue weighted by atomic mass is 35.5. The van der Waals surface area contributed by atoms with Crippen molar-refractivity contribution < 1.29 is 9.59 Å². The van der Waals surface area contributed by atoms with E-state index in [-0.39, 0.29) is 24.2 Å². The van der Waals surface area contributed by atoms with Crippen molar-refractivity contribution in [2.24, 2.45) is 5.73 Å². The molecule has 1 fully saturated rings. The van der Waals surface area contributed by atoms with Crippen molar-refractivity contribution in [2.45, 2.75) is 51.1 Å². The van der Waals surface area contributed by atoms with E-state index in [1.165, 1.54) is 0 Å². The van der Waals surface area contributed by atoms with Crippen LogP contribution in [0.1, 0.15) is 39.0 Å². The van der Waals surface area contributed by atoms with Gasteiger partial charge in [0.05, 0.1) is 16.8 Å². The Morgan fingerprint density at radius 1 is 1.36 bits per heavy atom. The highest BCUT2D eigenvalue weighted by Crippen LogP contribution is 2.27. The molecule has 140 valence electrons. The lowest BCUT2D eigenvalue weighted by Crippen LogP contribution is -2.54. The van der Waals surface area contributed by atoms with Crippen molar-refractivity contribution in [3.8, 4) is 0 Å². The number of nitrogens with two attached hydrogens (primary N) is 1. The van der Waals surface area contributed by atoms with E-state index in [1.807, 2.05) is 6.92 Å². The molecule has 3 N–H and O–H groups in total. The molecule has 2 atom stereocenters. The number of nitrogens with one attached hydrogen (secondary N) is 1. The molecule has 0 radical (unpaired) electrons. The number of likely N-dealkylation sites (tertiary alicyclic amines) is 1. The van der Waals surface area contributed by atoms with Crippen LogP contribution in [0.2, 0.25) is 10.0 Å². The van der Waals surface area contributed by atoms with Gasteiger partial charge >= 0.3 is 0 Å². The van der Waals surface area contributed by atoms with E-state index in [2.05, 4.69) is 5.32 Å². The molecule has 1 saturated heterocycles. The first-order valence-electron chi connectivity index (χ1n) is 8.26. The SMILES string of the molecule is CCCC(N)C(=O)N1CCCCC1C(=O)Nc1ccc(Cl)cc1Cl.Cl. The molecule has 0 saturated carbocycles. The molecule has 1 aliphatic rings. The number of nitrogens with zero attached hydrogens (tertiary/aromatic N) is 1. The van der Waals surface area contributed by atoms with Crippen LogP contribution in [0.5, 0.6) is 0 Å². The van der Waals surface area contributed by atoms with Gasteiger partial charge in [-0.05, 0) is 43.9 Å². The Kier molecular flexibility index (Phi) is 9.00. The van der Waals surface area contributed by atoms with E-state index in [0.717, 1.165) is 19.3 Å². The number of carbonyl (C=O) groups excluding carboxylic acids is 2. The summed E-state index contributed by atoms with van der Waals surface area (Å²) in [6, 6.07) is 3.81. The van der Waals surface area contributed by atoms with E-state index >= 15 is 0 Å². The van der Waals surface area contributed by atoms with Crippen molar-refractivity contribution in [1.82, 2.24) is 4.90 Å². The lowest BCUT2D eigenvalue weighted by Gasteiger charge is -2.36. The molecule has 0 aliphatic carbocycles. The fourth-order valence-electron chi connectivity index (χ4n) is 2.92. The van der Waals surface area contributed by atoms with Crippen LogP contribution < -0.4 is 11.1 Å². The molecular weight excluding hydrogens is 385 g/mol. The summed E-state index contributed by atoms with van der Waals surface area (Å²) < 4.78 is 0. The summed E-state index contributed by atoms with van der Waals surface area (Å²) in [6.07, 6.45) is 3.86. The number of hydrogen-bond donors (Lipinski definition) is 2. The number of anilines is 1. The van der Waals surface area contributed by atoms with E-state index in [1.54, 1.807) is 23.1 Å². The molecule has 1 heterocycles. The van der Waals surface area contributed by atoms with E-state index in [9.17, 15) is 9.59 Å². The zero-order chi connectivity index (χ0) is 17.7.